The monoisotopic (exact) mass is 329 g/mol. The van der Waals surface area contributed by atoms with Gasteiger partial charge >= 0.3 is 0 Å². The molecular weight excluding hydrogens is 306 g/mol. The standard InChI is InChI=1S/C14H23N3O4S/c1-15-8-7-14(18)16-11-12-3-5-13(6-4-12)22(19,20)17-9-10-21-2/h3-6,15,17H,7-11H2,1-2H3,(H,16,18). The van der Waals surface area contributed by atoms with Crippen molar-refractivity contribution in [2.24, 2.45) is 0 Å². The molecule has 3 N–H and O–H groups in total. The molecule has 1 rings (SSSR count). The molecule has 0 saturated carbocycles. The summed E-state index contributed by atoms with van der Waals surface area (Å²) in [4.78, 5) is 11.7. The van der Waals surface area contributed by atoms with Crippen molar-refractivity contribution in [1.82, 2.24) is 15.4 Å². The minimum absolute atomic E-state index is 0.0488. The Morgan fingerprint density at radius 3 is 2.45 bits per heavy atom. The van der Waals surface area contributed by atoms with E-state index in [4.69, 9.17) is 4.74 Å². The van der Waals surface area contributed by atoms with Crippen molar-refractivity contribution in [3.63, 3.8) is 0 Å². The van der Waals surface area contributed by atoms with Gasteiger partial charge in [-0.2, -0.15) is 0 Å². The molecule has 0 saturated heterocycles. The molecule has 0 bridgehead atoms. The number of rotatable bonds is 10. The maximum Gasteiger partial charge on any atom is 0.240 e. The van der Waals surface area contributed by atoms with Crippen LogP contribution in [0.3, 0.4) is 0 Å². The first kappa shape index (κ1) is 18.6. The minimum atomic E-state index is -3.52. The number of carbonyl (C=O) groups excluding carboxylic acids is 1. The number of nitrogens with one attached hydrogen (secondary N) is 3. The third-order valence-electron chi connectivity index (χ3n) is 2.92. The highest BCUT2D eigenvalue weighted by molar-refractivity contribution is 7.89. The van der Waals surface area contributed by atoms with Gasteiger partial charge in [0.2, 0.25) is 15.9 Å². The van der Waals surface area contributed by atoms with E-state index < -0.39 is 10.0 Å². The lowest BCUT2D eigenvalue weighted by Crippen LogP contribution is -2.27. The Hall–Kier alpha value is -1.48. The van der Waals surface area contributed by atoms with Crippen LogP contribution in [0.4, 0.5) is 0 Å². The first-order chi connectivity index (χ1) is 10.5. The summed E-state index contributed by atoms with van der Waals surface area (Å²) in [5.74, 6) is -0.0488. The number of ether oxygens (including phenoxy) is 1. The molecule has 0 aromatic heterocycles. The van der Waals surface area contributed by atoms with Gasteiger partial charge in [-0.1, -0.05) is 12.1 Å². The van der Waals surface area contributed by atoms with E-state index in [0.717, 1.165) is 5.56 Å². The van der Waals surface area contributed by atoms with Crippen molar-refractivity contribution < 1.29 is 17.9 Å². The van der Waals surface area contributed by atoms with Crippen molar-refractivity contribution in [3.8, 4) is 0 Å². The largest absolute Gasteiger partial charge is 0.383 e. The highest BCUT2D eigenvalue weighted by Crippen LogP contribution is 2.10. The Labute approximate surface area is 131 Å². The average molecular weight is 329 g/mol. The van der Waals surface area contributed by atoms with E-state index in [1.54, 1.807) is 19.2 Å². The third kappa shape index (κ3) is 6.52. The van der Waals surface area contributed by atoms with Crippen LogP contribution in [-0.2, 0) is 26.1 Å². The molecule has 0 aliphatic rings. The second-order valence-electron chi connectivity index (χ2n) is 4.66. The van der Waals surface area contributed by atoms with Gasteiger partial charge in [0.1, 0.15) is 0 Å². The Morgan fingerprint density at radius 1 is 1.18 bits per heavy atom. The van der Waals surface area contributed by atoms with Crippen molar-refractivity contribution in [3.05, 3.63) is 29.8 Å². The van der Waals surface area contributed by atoms with Crippen molar-refractivity contribution in [2.75, 3.05) is 33.9 Å². The van der Waals surface area contributed by atoms with Crippen LogP contribution in [0.2, 0.25) is 0 Å². The lowest BCUT2D eigenvalue weighted by atomic mass is 10.2. The molecule has 1 aromatic carbocycles. The molecule has 0 unspecified atom stereocenters. The lowest BCUT2D eigenvalue weighted by Gasteiger charge is -2.08. The summed E-state index contributed by atoms with van der Waals surface area (Å²) in [5.41, 5.74) is 0.841. The van der Waals surface area contributed by atoms with Crippen molar-refractivity contribution in [2.45, 2.75) is 17.9 Å². The Bertz CT molecular complexity index is 558. The van der Waals surface area contributed by atoms with Gasteiger partial charge in [0, 0.05) is 33.2 Å². The van der Waals surface area contributed by atoms with E-state index in [2.05, 4.69) is 15.4 Å². The van der Waals surface area contributed by atoms with Gasteiger partial charge in [-0.05, 0) is 24.7 Å². The van der Waals surface area contributed by atoms with Crippen LogP contribution >= 0.6 is 0 Å². The van der Waals surface area contributed by atoms with Crippen molar-refractivity contribution >= 4 is 15.9 Å². The molecule has 1 aromatic rings. The van der Waals surface area contributed by atoms with Gasteiger partial charge in [0.05, 0.1) is 11.5 Å². The fourth-order valence-corrected chi connectivity index (χ4v) is 2.69. The molecule has 7 nitrogen and oxygen atoms in total. The van der Waals surface area contributed by atoms with Crippen LogP contribution in [0.1, 0.15) is 12.0 Å². The predicted octanol–water partition coefficient (Wildman–Crippen LogP) is -0.163. The van der Waals surface area contributed by atoms with Crippen molar-refractivity contribution in [1.29, 1.82) is 0 Å². The van der Waals surface area contributed by atoms with E-state index in [0.29, 0.717) is 26.1 Å². The van der Waals surface area contributed by atoms with E-state index in [-0.39, 0.29) is 17.3 Å². The Kier molecular flexibility index (Phi) is 8.03. The number of sulfonamides is 1. The number of carbonyl (C=O) groups is 1. The molecule has 8 heteroatoms. The van der Waals surface area contributed by atoms with Crippen LogP contribution in [0.5, 0.6) is 0 Å². The maximum absolute atomic E-state index is 12.0. The predicted molar refractivity (Wildman–Crippen MR) is 83.9 cm³/mol. The van der Waals surface area contributed by atoms with Crippen LogP contribution < -0.4 is 15.4 Å². The highest BCUT2D eigenvalue weighted by Gasteiger charge is 2.12. The summed E-state index contributed by atoms with van der Waals surface area (Å²) < 4.78 is 31.2. The van der Waals surface area contributed by atoms with E-state index in [1.165, 1.54) is 19.2 Å². The zero-order chi connectivity index (χ0) is 16.4. The number of benzene rings is 1. The topological polar surface area (TPSA) is 96.5 Å². The summed E-state index contributed by atoms with van der Waals surface area (Å²) in [5, 5.41) is 5.67. The molecule has 1 amide bonds. The van der Waals surface area contributed by atoms with Gasteiger partial charge in [-0.15, -0.1) is 0 Å². The quantitative estimate of drug-likeness (QED) is 0.518. The summed E-state index contributed by atoms with van der Waals surface area (Å²) >= 11 is 0. The summed E-state index contributed by atoms with van der Waals surface area (Å²) in [6.45, 7) is 1.54. The maximum atomic E-state index is 12.0. The zero-order valence-corrected chi connectivity index (χ0v) is 13.7. The Balaban J connectivity index is 2.53. The molecule has 124 valence electrons. The van der Waals surface area contributed by atoms with Crippen LogP contribution in [-0.4, -0.2) is 48.2 Å². The minimum Gasteiger partial charge on any atom is -0.383 e. The molecule has 0 atom stereocenters. The molecule has 0 spiro atoms. The van der Waals surface area contributed by atoms with Gasteiger partial charge in [0.15, 0.2) is 0 Å². The van der Waals surface area contributed by atoms with E-state index >= 15 is 0 Å². The number of hydrogen-bond acceptors (Lipinski definition) is 5. The fourth-order valence-electron chi connectivity index (χ4n) is 1.68. The van der Waals surface area contributed by atoms with E-state index in [9.17, 15) is 13.2 Å². The summed E-state index contributed by atoms with van der Waals surface area (Å²) in [7, 11) is -0.225. The second kappa shape index (κ2) is 9.52. The zero-order valence-electron chi connectivity index (χ0n) is 12.9. The molecule has 0 aliphatic carbocycles. The first-order valence-electron chi connectivity index (χ1n) is 6.98. The smallest absolute Gasteiger partial charge is 0.240 e. The first-order valence-corrected chi connectivity index (χ1v) is 8.46. The lowest BCUT2D eigenvalue weighted by molar-refractivity contribution is -0.121. The van der Waals surface area contributed by atoms with Gasteiger partial charge in [-0.25, -0.2) is 13.1 Å². The molecule has 22 heavy (non-hydrogen) atoms. The van der Waals surface area contributed by atoms with Crippen LogP contribution in [0.15, 0.2) is 29.2 Å². The Morgan fingerprint density at radius 2 is 1.86 bits per heavy atom. The summed E-state index contributed by atoms with van der Waals surface area (Å²) in [6.07, 6.45) is 0.409. The van der Waals surface area contributed by atoms with E-state index in [1.807, 2.05) is 0 Å². The number of hydrogen-bond donors (Lipinski definition) is 3. The normalized spacial score (nSPS) is 11.4. The molecule has 0 aliphatic heterocycles. The number of amides is 1. The van der Waals surface area contributed by atoms with Crippen LogP contribution in [0, 0.1) is 0 Å². The second-order valence-corrected chi connectivity index (χ2v) is 6.43. The molecule has 0 fully saturated rings. The number of methoxy groups -OCH3 is 1. The average Bonchev–Trinajstić information content (AvgIpc) is 2.51. The van der Waals surface area contributed by atoms with Gasteiger partial charge < -0.3 is 15.4 Å². The third-order valence-corrected chi connectivity index (χ3v) is 4.40. The molecule has 0 radical (unpaired) electrons. The SMILES string of the molecule is CNCCC(=O)NCc1ccc(S(=O)(=O)NCCOC)cc1. The highest BCUT2D eigenvalue weighted by atomic mass is 32.2. The fraction of sp³-hybridized carbons (Fsp3) is 0.500. The van der Waals surface area contributed by atoms with Gasteiger partial charge in [-0.3, -0.25) is 4.79 Å². The summed E-state index contributed by atoms with van der Waals surface area (Å²) in [6, 6.07) is 6.40. The molecular formula is C14H23N3O4S. The van der Waals surface area contributed by atoms with Crippen LogP contribution in [0.25, 0.3) is 0 Å². The molecule has 0 heterocycles. The van der Waals surface area contributed by atoms with Gasteiger partial charge in [0.25, 0.3) is 0 Å².